The van der Waals surface area contributed by atoms with Crippen molar-refractivity contribution in [1.82, 2.24) is 0 Å². The molecule has 0 atom stereocenters. The van der Waals surface area contributed by atoms with Crippen LogP contribution in [0.3, 0.4) is 0 Å². The molecule has 0 aromatic carbocycles. The first kappa shape index (κ1) is 17.0. The number of hydrogen-bond acceptors (Lipinski definition) is 0. The van der Waals surface area contributed by atoms with E-state index in [0.717, 1.165) is 12.8 Å². The Morgan fingerprint density at radius 2 is 0.889 bits per heavy atom. The Bertz CT molecular complexity index is 205. The second-order valence-corrected chi connectivity index (χ2v) is 4.60. The van der Waals surface area contributed by atoms with Gasteiger partial charge in [0.1, 0.15) is 0 Å². The number of hydrogen-bond donors (Lipinski definition) is 0. The van der Waals surface area contributed by atoms with Crippen molar-refractivity contribution >= 4 is 0 Å². The molecule has 0 spiro atoms. The summed E-state index contributed by atoms with van der Waals surface area (Å²) < 4.78 is 0. The molecule has 2 aliphatic rings. The average Bonchev–Trinajstić information content (AvgIpc) is 3.12. The van der Waals surface area contributed by atoms with Gasteiger partial charge in [0.15, 0.2) is 0 Å². The van der Waals surface area contributed by atoms with Crippen LogP contribution in [0.1, 0.15) is 65.2 Å². The minimum atomic E-state index is 1.14. The van der Waals surface area contributed by atoms with E-state index in [2.05, 4.69) is 62.5 Å². The Hall–Kier alpha value is -1.04. The van der Waals surface area contributed by atoms with Gasteiger partial charge in [-0.3, -0.25) is 0 Å². The lowest BCUT2D eigenvalue weighted by Gasteiger charge is -1.93. The molecule has 0 amide bonds. The Balaban J connectivity index is 0.000000250. The lowest BCUT2D eigenvalue weighted by atomic mass is 10.1. The molecule has 102 valence electrons. The van der Waals surface area contributed by atoms with E-state index in [0.29, 0.717) is 0 Å². The van der Waals surface area contributed by atoms with Gasteiger partial charge in [0.2, 0.25) is 0 Å². The zero-order chi connectivity index (χ0) is 13.3. The van der Waals surface area contributed by atoms with E-state index in [1.54, 1.807) is 0 Å². The lowest BCUT2D eigenvalue weighted by Crippen LogP contribution is -1.73. The van der Waals surface area contributed by atoms with Crippen LogP contribution in [0.5, 0.6) is 0 Å². The second kappa shape index (κ2) is 16.0. The molecule has 0 heterocycles. The van der Waals surface area contributed by atoms with Gasteiger partial charge in [-0.05, 0) is 12.8 Å². The Morgan fingerprint density at radius 3 is 1.06 bits per heavy atom. The second-order valence-electron chi connectivity index (χ2n) is 4.60. The molecule has 0 aromatic heterocycles. The molecule has 0 aliphatic heterocycles. The van der Waals surface area contributed by atoms with Crippen molar-refractivity contribution in [3.05, 3.63) is 48.6 Å². The minimum absolute atomic E-state index is 1.14. The first-order valence-corrected chi connectivity index (χ1v) is 7.55. The smallest absolute Gasteiger partial charge is 0.0163 e. The van der Waals surface area contributed by atoms with Gasteiger partial charge < -0.3 is 0 Å². The average molecular weight is 246 g/mol. The van der Waals surface area contributed by atoms with Crippen LogP contribution < -0.4 is 0 Å². The molecule has 0 aromatic rings. The molecular formula is C18H30. The normalized spacial score (nSPS) is 14.1. The van der Waals surface area contributed by atoms with E-state index in [-0.39, 0.29) is 0 Å². The van der Waals surface area contributed by atoms with Gasteiger partial charge in [-0.2, -0.15) is 0 Å². The lowest BCUT2D eigenvalue weighted by molar-refractivity contribution is 0.624. The SMILES string of the molecule is C1=CCC=C1.C1=CCC=C1.CCCCCCCC. The monoisotopic (exact) mass is 246 g/mol. The van der Waals surface area contributed by atoms with Gasteiger partial charge in [0.05, 0.1) is 0 Å². The highest BCUT2D eigenvalue weighted by atomic mass is 13.9. The van der Waals surface area contributed by atoms with Crippen molar-refractivity contribution in [2.75, 3.05) is 0 Å². The molecule has 0 N–H and O–H groups in total. The molecule has 0 radical (unpaired) electrons. The molecular weight excluding hydrogens is 216 g/mol. The Morgan fingerprint density at radius 1 is 0.556 bits per heavy atom. The Kier molecular flexibility index (Phi) is 15.0. The van der Waals surface area contributed by atoms with E-state index in [1.807, 2.05) is 0 Å². The summed E-state index contributed by atoms with van der Waals surface area (Å²) in [5, 5.41) is 0. The summed E-state index contributed by atoms with van der Waals surface area (Å²) in [7, 11) is 0. The van der Waals surface area contributed by atoms with Gasteiger partial charge in [-0.1, -0.05) is 101 Å². The minimum Gasteiger partial charge on any atom is -0.0808 e. The Labute approximate surface area is 114 Å². The first-order chi connectivity index (χ1) is 8.91. The maximum absolute atomic E-state index is 2.26. The van der Waals surface area contributed by atoms with Crippen LogP contribution in [0.4, 0.5) is 0 Å². The van der Waals surface area contributed by atoms with Crippen molar-refractivity contribution in [1.29, 1.82) is 0 Å². The highest BCUT2D eigenvalue weighted by Gasteiger charge is 1.83. The van der Waals surface area contributed by atoms with E-state index in [9.17, 15) is 0 Å². The summed E-state index contributed by atoms with van der Waals surface area (Å²) in [5.74, 6) is 0. The van der Waals surface area contributed by atoms with Crippen molar-refractivity contribution in [2.24, 2.45) is 0 Å². The summed E-state index contributed by atoms with van der Waals surface area (Å²) in [6.45, 7) is 4.51. The molecule has 0 fully saturated rings. The van der Waals surface area contributed by atoms with Crippen LogP contribution in [0.15, 0.2) is 48.6 Å². The fourth-order valence-electron chi connectivity index (χ4n) is 1.64. The molecule has 0 unspecified atom stereocenters. The van der Waals surface area contributed by atoms with Crippen LogP contribution in [-0.2, 0) is 0 Å². The number of unbranched alkanes of at least 4 members (excludes halogenated alkanes) is 5. The summed E-state index contributed by atoms with van der Waals surface area (Å²) in [6, 6.07) is 0. The predicted molar refractivity (Wildman–Crippen MR) is 84.8 cm³/mol. The van der Waals surface area contributed by atoms with E-state index in [4.69, 9.17) is 0 Å². The molecule has 2 rings (SSSR count). The highest BCUT2D eigenvalue weighted by molar-refractivity contribution is 5.12. The summed E-state index contributed by atoms with van der Waals surface area (Å²) in [4.78, 5) is 0. The van der Waals surface area contributed by atoms with E-state index < -0.39 is 0 Å². The quantitative estimate of drug-likeness (QED) is 0.494. The van der Waals surface area contributed by atoms with Gasteiger partial charge in [-0.15, -0.1) is 0 Å². The topological polar surface area (TPSA) is 0 Å². The molecule has 0 bridgehead atoms. The van der Waals surface area contributed by atoms with Gasteiger partial charge in [0, 0.05) is 0 Å². The predicted octanol–water partition coefficient (Wildman–Crippen LogP) is 6.37. The van der Waals surface area contributed by atoms with E-state index in [1.165, 1.54) is 38.5 Å². The molecule has 18 heavy (non-hydrogen) atoms. The van der Waals surface area contributed by atoms with Crippen LogP contribution >= 0.6 is 0 Å². The number of rotatable bonds is 5. The van der Waals surface area contributed by atoms with E-state index >= 15 is 0 Å². The molecule has 0 saturated heterocycles. The zero-order valence-corrected chi connectivity index (χ0v) is 12.3. The number of allylic oxidation sites excluding steroid dienone is 8. The fourth-order valence-corrected chi connectivity index (χ4v) is 1.64. The zero-order valence-electron chi connectivity index (χ0n) is 12.3. The van der Waals surface area contributed by atoms with Crippen LogP contribution in [0.2, 0.25) is 0 Å². The van der Waals surface area contributed by atoms with Crippen molar-refractivity contribution in [3.63, 3.8) is 0 Å². The van der Waals surface area contributed by atoms with Crippen LogP contribution in [0, 0.1) is 0 Å². The third-order valence-corrected chi connectivity index (χ3v) is 2.77. The molecule has 0 heteroatoms. The van der Waals surface area contributed by atoms with Crippen LogP contribution in [-0.4, -0.2) is 0 Å². The van der Waals surface area contributed by atoms with Crippen LogP contribution in [0.25, 0.3) is 0 Å². The van der Waals surface area contributed by atoms with Gasteiger partial charge in [-0.25, -0.2) is 0 Å². The maximum atomic E-state index is 2.26. The van der Waals surface area contributed by atoms with Gasteiger partial charge >= 0.3 is 0 Å². The van der Waals surface area contributed by atoms with Crippen molar-refractivity contribution in [2.45, 2.75) is 65.2 Å². The first-order valence-electron chi connectivity index (χ1n) is 7.55. The summed E-state index contributed by atoms with van der Waals surface area (Å²) in [5.41, 5.74) is 0. The third kappa shape index (κ3) is 15.0. The maximum Gasteiger partial charge on any atom is -0.0163 e. The molecule has 2 aliphatic carbocycles. The summed E-state index contributed by atoms with van der Waals surface area (Å²) >= 11 is 0. The van der Waals surface area contributed by atoms with Crippen molar-refractivity contribution in [3.8, 4) is 0 Å². The summed E-state index contributed by atoms with van der Waals surface area (Å²) in [6.07, 6.45) is 27.5. The highest BCUT2D eigenvalue weighted by Crippen LogP contribution is 2.03. The van der Waals surface area contributed by atoms with Gasteiger partial charge in [0.25, 0.3) is 0 Å². The third-order valence-electron chi connectivity index (χ3n) is 2.77. The van der Waals surface area contributed by atoms with Crippen molar-refractivity contribution < 1.29 is 0 Å². The molecule has 0 nitrogen and oxygen atoms in total. The standard InChI is InChI=1S/C8H18.2C5H6/c1-3-5-7-8-6-4-2;2*1-2-4-5-3-1/h3-8H2,1-2H3;2*1-4H,5H2. The largest absolute Gasteiger partial charge is 0.0808 e. The molecule has 0 saturated carbocycles. The fraction of sp³-hybridized carbons (Fsp3) is 0.556.